The SMILES string of the molecule is CC(C)(C)NCC(O)c1ccc(OCOP(C)(C)=O)c(CO[Si](C)(C)C(C)(C)C)c1. The molecule has 6 nitrogen and oxygen atoms in total. The number of benzene rings is 1. The van der Waals surface area contributed by atoms with E-state index in [1.54, 1.807) is 13.3 Å². The zero-order valence-corrected chi connectivity index (χ0v) is 22.4. The second-order valence-corrected chi connectivity index (χ2v) is 18.3. The van der Waals surface area contributed by atoms with Gasteiger partial charge in [0.1, 0.15) is 5.75 Å². The lowest BCUT2D eigenvalue weighted by Crippen LogP contribution is -2.40. The molecule has 0 fully saturated rings. The fraction of sp³-hybridized carbons (Fsp3) is 0.727. The topological polar surface area (TPSA) is 77.0 Å². The van der Waals surface area contributed by atoms with E-state index < -0.39 is 21.8 Å². The monoisotopic (exact) mass is 459 g/mol. The van der Waals surface area contributed by atoms with Gasteiger partial charge in [0.15, 0.2) is 22.5 Å². The molecule has 0 radical (unpaired) electrons. The molecule has 0 bridgehead atoms. The summed E-state index contributed by atoms with van der Waals surface area (Å²) in [6.45, 7) is 21.0. The van der Waals surface area contributed by atoms with Crippen LogP contribution in [0.25, 0.3) is 0 Å². The number of β-amino-alcohol motifs (C(OH)–C–C–N with tert-alkyl or cyclic N) is 1. The van der Waals surface area contributed by atoms with Crippen molar-refractivity contribution in [1.82, 2.24) is 5.32 Å². The Bertz CT molecular complexity index is 734. The lowest BCUT2D eigenvalue weighted by Gasteiger charge is -2.36. The average molecular weight is 460 g/mol. The van der Waals surface area contributed by atoms with E-state index in [4.69, 9.17) is 13.7 Å². The molecule has 1 aromatic rings. The molecule has 0 aliphatic rings. The van der Waals surface area contributed by atoms with Crippen LogP contribution in [-0.2, 0) is 20.1 Å². The van der Waals surface area contributed by atoms with Gasteiger partial charge in [-0.3, -0.25) is 9.09 Å². The summed E-state index contributed by atoms with van der Waals surface area (Å²) >= 11 is 0. The molecule has 30 heavy (non-hydrogen) atoms. The van der Waals surface area contributed by atoms with Gasteiger partial charge in [0, 0.05) is 31.0 Å². The molecule has 0 spiro atoms. The molecular weight excluding hydrogens is 417 g/mol. The molecule has 0 aliphatic carbocycles. The Morgan fingerprint density at radius 1 is 1.13 bits per heavy atom. The molecule has 8 heteroatoms. The van der Waals surface area contributed by atoms with Crippen molar-refractivity contribution in [2.45, 2.75) is 77.9 Å². The normalized spacial score (nSPS) is 14.6. The average Bonchev–Trinajstić information content (AvgIpc) is 2.55. The van der Waals surface area contributed by atoms with E-state index in [0.717, 1.165) is 11.1 Å². The summed E-state index contributed by atoms with van der Waals surface area (Å²) in [6, 6.07) is 5.59. The summed E-state index contributed by atoms with van der Waals surface area (Å²) in [5.41, 5.74) is 1.56. The van der Waals surface area contributed by atoms with Crippen molar-refractivity contribution in [1.29, 1.82) is 0 Å². The van der Waals surface area contributed by atoms with Crippen LogP contribution in [0.1, 0.15) is 58.8 Å². The fourth-order valence-electron chi connectivity index (χ4n) is 2.27. The van der Waals surface area contributed by atoms with Crippen LogP contribution in [-0.4, -0.2) is 45.6 Å². The zero-order valence-electron chi connectivity index (χ0n) is 20.5. The highest BCUT2D eigenvalue weighted by Gasteiger charge is 2.37. The lowest BCUT2D eigenvalue weighted by atomic mass is 10.0. The number of hydrogen-bond donors (Lipinski definition) is 2. The van der Waals surface area contributed by atoms with E-state index in [9.17, 15) is 9.67 Å². The second kappa shape index (κ2) is 10.3. The van der Waals surface area contributed by atoms with E-state index in [1.165, 1.54) is 0 Å². The number of ether oxygens (including phenoxy) is 1. The summed E-state index contributed by atoms with van der Waals surface area (Å²) in [7, 11) is -4.59. The zero-order chi connectivity index (χ0) is 23.4. The van der Waals surface area contributed by atoms with E-state index in [2.05, 4.69) is 60.0 Å². The van der Waals surface area contributed by atoms with Crippen molar-refractivity contribution < 1.29 is 23.4 Å². The minimum atomic E-state index is -2.63. The van der Waals surface area contributed by atoms with Crippen LogP contribution in [0.15, 0.2) is 18.2 Å². The molecule has 1 atom stereocenters. The van der Waals surface area contributed by atoms with E-state index in [0.29, 0.717) is 18.9 Å². The Hall–Kier alpha value is -0.693. The number of nitrogens with one attached hydrogen (secondary N) is 1. The highest BCUT2D eigenvalue weighted by Crippen LogP contribution is 2.39. The number of hydrogen-bond acceptors (Lipinski definition) is 6. The molecule has 1 unspecified atom stereocenters. The Labute approximate surface area is 184 Å². The smallest absolute Gasteiger partial charge is 0.200 e. The predicted octanol–water partition coefficient (Wildman–Crippen LogP) is 5.52. The first-order valence-corrected chi connectivity index (χ1v) is 15.9. The van der Waals surface area contributed by atoms with Gasteiger partial charge in [-0.15, -0.1) is 0 Å². The highest BCUT2D eigenvalue weighted by molar-refractivity contribution is 7.57. The van der Waals surface area contributed by atoms with Gasteiger partial charge in [-0.25, -0.2) is 0 Å². The maximum atomic E-state index is 11.8. The van der Waals surface area contributed by atoms with Gasteiger partial charge < -0.3 is 19.6 Å². The third-order valence-electron chi connectivity index (χ3n) is 5.27. The van der Waals surface area contributed by atoms with Crippen molar-refractivity contribution in [2.75, 3.05) is 26.7 Å². The molecule has 0 saturated carbocycles. The Morgan fingerprint density at radius 2 is 1.73 bits per heavy atom. The molecule has 0 heterocycles. The van der Waals surface area contributed by atoms with Crippen LogP contribution in [0.4, 0.5) is 0 Å². The van der Waals surface area contributed by atoms with Gasteiger partial charge in [0.25, 0.3) is 0 Å². The quantitative estimate of drug-likeness (QED) is 0.272. The first-order valence-electron chi connectivity index (χ1n) is 10.4. The second-order valence-electron chi connectivity index (χ2n) is 10.7. The van der Waals surface area contributed by atoms with Gasteiger partial charge in [0.2, 0.25) is 0 Å². The molecule has 0 aliphatic heterocycles. The molecule has 0 saturated heterocycles. The third kappa shape index (κ3) is 9.63. The van der Waals surface area contributed by atoms with Crippen LogP contribution in [0.2, 0.25) is 18.1 Å². The third-order valence-corrected chi connectivity index (χ3v) is 10.5. The van der Waals surface area contributed by atoms with Crippen LogP contribution < -0.4 is 10.1 Å². The molecule has 0 aromatic heterocycles. The molecule has 1 aromatic carbocycles. The standard InChI is InChI=1S/C22H42NO5PSi/c1-21(2,3)23-14-19(24)17-11-12-20(26-16-27-29(7,8)25)18(13-17)15-28-30(9,10)22(4,5)6/h11-13,19,23-24H,14-16H2,1-10H3. The Morgan fingerprint density at radius 3 is 2.23 bits per heavy atom. The number of aliphatic hydroxyl groups excluding tert-OH is 1. The van der Waals surface area contributed by atoms with Crippen molar-refractivity contribution >= 4 is 15.7 Å². The summed E-state index contributed by atoms with van der Waals surface area (Å²) in [5.74, 6) is 0.613. The fourth-order valence-corrected chi connectivity index (χ4v) is 3.53. The molecule has 2 N–H and O–H groups in total. The van der Waals surface area contributed by atoms with E-state index >= 15 is 0 Å². The van der Waals surface area contributed by atoms with Crippen LogP contribution in [0.5, 0.6) is 5.75 Å². The van der Waals surface area contributed by atoms with Crippen molar-refractivity contribution in [3.05, 3.63) is 29.3 Å². The largest absolute Gasteiger partial charge is 0.467 e. The minimum Gasteiger partial charge on any atom is -0.467 e. The molecule has 1 rings (SSSR count). The molecular formula is C22H42NO5PSi. The van der Waals surface area contributed by atoms with Gasteiger partial charge in [-0.2, -0.15) is 0 Å². The first-order chi connectivity index (χ1) is 13.4. The lowest BCUT2D eigenvalue weighted by molar-refractivity contribution is 0.121. The van der Waals surface area contributed by atoms with Gasteiger partial charge >= 0.3 is 0 Å². The van der Waals surface area contributed by atoms with E-state index in [-0.39, 0.29) is 17.4 Å². The predicted molar refractivity (Wildman–Crippen MR) is 127 cm³/mol. The first kappa shape index (κ1) is 27.3. The highest BCUT2D eigenvalue weighted by atomic mass is 31.2. The van der Waals surface area contributed by atoms with Crippen LogP contribution >= 0.6 is 7.37 Å². The minimum absolute atomic E-state index is 0.0795. The van der Waals surface area contributed by atoms with Crippen molar-refractivity contribution in [3.8, 4) is 5.75 Å². The van der Waals surface area contributed by atoms with Gasteiger partial charge in [-0.1, -0.05) is 26.8 Å². The van der Waals surface area contributed by atoms with Gasteiger partial charge in [-0.05, 0) is 56.6 Å². The number of aliphatic hydroxyl groups is 1. The Balaban J connectivity index is 3.05. The van der Waals surface area contributed by atoms with Crippen molar-refractivity contribution in [3.63, 3.8) is 0 Å². The Kier molecular flexibility index (Phi) is 9.37. The van der Waals surface area contributed by atoms with Crippen LogP contribution in [0.3, 0.4) is 0 Å². The van der Waals surface area contributed by atoms with Gasteiger partial charge in [0.05, 0.1) is 12.7 Å². The summed E-state index contributed by atoms with van der Waals surface area (Å²) in [4.78, 5) is 0. The molecule has 0 amide bonds. The summed E-state index contributed by atoms with van der Waals surface area (Å²) in [5, 5.41) is 14.1. The van der Waals surface area contributed by atoms with Crippen molar-refractivity contribution in [2.24, 2.45) is 0 Å². The maximum absolute atomic E-state index is 11.8. The number of rotatable bonds is 10. The summed E-state index contributed by atoms with van der Waals surface area (Å²) in [6.07, 6.45) is -0.646. The molecule has 174 valence electrons. The summed E-state index contributed by atoms with van der Waals surface area (Å²) < 4.78 is 29.2. The van der Waals surface area contributed by atoms with Crippen LogP contribution in [0, 0.1) is 0 Å². The van der Waals surface area contributed by atoms with E-state index in [1.807, 2.05) is 18.2 Å². The maximum Gasteiger partial charge on any atom is 0.200 e.